The van der Waals surface area contributed by atoms with Crippen LogP contribution < -0.4 is 5.32 Å². The van der Waals surface area contributed by atoms with Crippen LogP contribution in [0.4, 0.5) is 8.78 Å². The molecule has 0 amide bonds. The van der Waals surface area contributed by atoms with Gasteiger partial charge in [-0.2, -0.15) is 0 Å². The van der Waals surface area contributed by atoms with Crippen molar-refractivity contribution in [2.45, 2.75) is 18.8 Å². The van der Waals surface area contributed by atoms with E-state index >= 15 is 0 Å². The number of rotatable bonds is 1. The molecule has 1 aromatic carbocycles. The van der Waals surface area contributed by atoms with Crippen LogP contribution in [0, 0.1) is 11.6 Å². The van der Waals surface area contributed by atoms with Crippen LogP contribution in [0.5, 0.6) is 0 Å². The Kier molecular flexibility index (Phi) is 3.36. The zero-order chi connectivity index (χ0) is 10.8. The highest BCUT2D eigenvalue weighted by Crippen LogP contribution is 2.28. The summed E-state index contributed by atoms with van der Waals surface area (Å²) in [7, 11) is 0. The topological polar surface area (TPSA) is 12.0 Å². The van der Waals surface area contributed by atoms with Crippen LogP contribution in [-0.4, -0.2) is 13.1 Å². The summed E-state index contributed by atoms with van der Waals surface area (Å²) < 4.78 is 26.5. The second-order valence-corrected chi connectivity index (χ2v) is 4.63. The second kappa shape index (κ2) is 4.58. The van der Waals surface area contributed by atoms with Crippen molar-refractivity contribution in [2.24, 2.45) is 0 Å². The van der Waals surface area contributed by atoms with Crippen molar-refractivity contribution < 1.29 is 8.78 Å². The number of halogens is 3. The van der Waals surface area contributed by atoms with Gasteiger partial charge in [-0.05, 0) is 58.9 Å². The van der Waals surface area contributed by atoms with E-state index in [4.69, 9.17) is 0 Å². The Morgan fingerprint density at radius 3 is 2.47 bits per heavy atom. The first-order chi connectivity index (χ1) is 7.18. The number of nitrogens with one attached hydrogen (secondary N) is 1. The molecule has 0 aromatic heterocycles. The molecule has 0 radical (unpaired) electrons. The molecule has 1 saturated heterocycles. The lowest BCUT2D eigenvalue weighted by Crippen LogP contribution is -2.28. The highest BCUT2D eigenvalue weighted by molar-refractivity contribution is 9.10. The van der Waals surface area contributed by atoms with Crippen molar-refractivity contribution in [2.75, 3.05) is 13.1 Å². The quantitative estimate of drug-likeness (QED) is 0.777. The maximum absolute atomic E-state index is 13.3. The largest absolute Gasteiger partial charge is 0.316 e. The SMILES string of the molecule is Fc1cc(C2CCCNC2)cc(F)c1Br. The molecule has 0 saturated carbocycles. The Hall–Kier alpha value is -0.480. The predicted octanol–water partition coefficient (Wildman–Crippen LogP) is 3.19. The molecule has 1 fully saturated rings. The molecule has 15 heavy (non-hydrogen) atoms. The molecular weight excluding hydrogens is 264 g/mol. The average molecular weight is 276 g/mol. The normalized spacial score (nSPS) is 21.7. The molecule has 1 atom stereocenters. The van der Waals surface area contributed by atoms with Crippen molar-refractivity contribution in [3.05, 3.63) is 33.8 Å². The van der Waals surface area contributed by atoms with Crippen LogP contribution >= 0.6 is 15.9 Å². The van der Waals surface area contributed by atoms with Gasteiger partial charge >= 0.3 is 0 Å². The summed E-state index contributed by atoms with van der Waals surface area (Å²) in [5.41, 5.74) is 0.750. The van der Waals surface area contributed by atoms with Gasteiger partial charge in [0.2, 0.25) is 0 Å². The van der Waals surface area contributed by atoms with E-state index in [2.05, 4.69) is 21.2 Å². The smallest absolute Gasteiger partial charge is 0.140 e. The average Bonchev–Trinajstić information content (AvgIpc) is 2.26. The highest BCUT2D eigenvalue weighted by Gasteiger charge is 2.18. The van der Waals surface area contributed by atoms with E-state index in [1.165, 1.54) is 12.1 Å². The first-order valence-electron chi connectivity index (χ1n) is 5.03. The second-order valence-electron chi connectivity index (χ2n) is 3.84. The lowest BCUT2D eigenvalue weighted by atomic mass is 9.91. The Bertz CT molecular complexity index is 339. The Morgan fingerprint density at radius 1 is 1.27 bits per heavy atom. The van der Waals surface area contributed by atoms with Gasteiger partial charge in [0.15, 0.2) is 0 Å². The molecule has 82 valence electrons. The van der Waals surface area contributed by atoms with Gasteiger partial charge in [0.1, 0.15) is 11.6 Å². The number of hydrogen-bond donors (Lipinski definition) is 1. The third-order valence-electron chi connectivity index (χ3n) is 2.77. The van der Waals surface area contributed by atoms with Gasteiger partial charge in [-0.15, -0.1) is 0 Å². The number of piperidine rings is 1. The van der Waals surface area contributed by atoms with Gasteiger partial charge in [0.05, 0.1) is 4.47 Å². The van der Waals surface area contributed by atoms with Crippen molar-refractivity contribution >= 4 is 15.9 Å². The summed E-state index contributed by atoms with van der Waals surface area (Å²) >= 11 is 2.87. The minimum Gasteiger partial charge on any atom is -0.316 e. The molecule has 1 N–H and O–H groups in total. The van der Waals surface area contributed by atoms with Gasteiger partial charge in [0.25, 0.3) is 0 Å². The zero-order valence-electron chi connectivity index (χ0n) is 8.19. The Balaban J connectivity index is 2.27. The van der Waals surface area contributed by atoms with Crippen LogP contribution in [0.2, 0.25) is 0 Å². The van der Waals surface area contributed by atoms with E-state index in [1.807, 2.05) is 0 Å². The summed E-state index contributed by atoms with van der Waals surface area (Å²) in [5.74, 6) is -0.804. The molecule has 0 spiro atoms. The monoisotopic (exact) mass is 275 g/mol. The van der Waals surface area contributed by atoms with Crippen molar-refractivity contribution in [3.63, 3.8) is 0 Å². The fourth-order valence-corrected chi connectivity index (χ4v) is 2.18. The minimum absolute atomic E-state index is 0.0741. The molecule has 0 bridgehead atoms. The Labute approximate surface area is 96.0 Å². The third kappa shape index (κ3) is 2.37. The summed E-state index contributed by atoms with van der Waals surface area (Å²) in [6, 6.07) is 2.84. The molecular formula is C11H12BrF2N. The summed E-state index contributed by atoms with van der Waals surface area (Å²) in [5, 5.41) is 3.23. The van der Waals surface area contributed by atoms with Gasteiger partial charge in [-0.1, -0.05) is 0 Å². The molecule has 1 unspecified atom stereocenters. The predicted molar refractivity (Wildman–Crippen MR) is 58.9 cm³/mol. The van der Waals surface area contributed by atoms with E-state index < -0.39 is 11.6 Å². The summed E-state index contributed by atoms with van der Waals surface area (Å²) in [6.07, 6.45) is 2.05. The first-order valence-corrected chi connectivity index (χ1v) is 5.83. The van der Waals surface area contributed by atoms with Gasteiger partial charge in [-0.3, -0.25) is 0 Å². The van der Waals surface area contributed by atoms with Crippen molar-refractivity contribution in [1.82, 2.24) is 5.32 Å². The van der Waals surface area contributed by atoms with Crippen molar-refractivity contribution in [1.29, 1.82) is 0 Å². The van der Waals surface area contributed by atoms with Gasteiger partial charge in [0, 0.05) is 6.54 Å². The van der Waals surface area contributed by atoms with Crippen molar-refractivity contribution in [3.8, 4) is 0 Å². The van der Waals surface area contributed by atoms with Crippen LogP contribution in [0.1, 0.15) is 24.3 Å². The van der Waals surface area contributed by atoms with Crippen LogP contribution in [-0.2, 0) is 0 Å². The first kappa shape index (κ1) is 11.0. The van der Waals surface area contributed by atoms with Crippen LogP contribution in [0.3, 0.4) is 0 Å². The van der Waals surface area contributed by atoms with Gasteiger partial charge < -0.3 is 5.32 Å². The van der Waals surface area contributed by atoms with E-state index in [9.17, 15) is 8.78 Å². The Morgan fingerprint density at radius 2 is 1.93 bits per heavy atom. The van der Waals surface area contributed by atoms with Gasteiger partial charge in [-0.25, -0.2) is 8.78 Å². The standard InChI is InChI=1S/C11H12BrF2N/c12-11-9(13)4-8(5-10(11)14)7-2-1-3-15-6-7/h4-5,7,15H,1-3,6H2. The van der Waals surface area contributed by atoms with E-state index in [1.54, 1.807) is 0 Å². The number of benzene rings is 1. The third-order valence-corrected chi connectivity index (χ3v) is 3.53. The van der Waals surface area contributed by atoms with Crippen LogP contribution in [0.25, 0.3) is 0 Å². The molecule has 2 rings (SSSR count). The highest BCUT2D eigenvalue weighted by atomic mass is 79.9. The lowest BCUT2D eigenvalue weighted by Gasteiger charge is -2.23. The fourth-order valence-electron chi connectivity index (χ4n) is 1.95. The van der Waals surface area contributed by atoms with Crippen LogP contribution in [0.15, 0.2) is 16.6 Å². The molecule has 1 aromatic rings. The molecule has 1 aliphatic heterocycles. The van der Waals surface area contributed by atoms with E-state index in [0.29, 0.717) is 0 Å². The van der Waals surface area contributed by atoms with E-state index in [0.717, 1.165) is 31.5 Å². The molecule has 4 heteroatoms. The fraction of sp³-hybridized carbons (Fsp3) is 0.455. The number of hydrogen-bond acceptors (Lipinski definition) is 1. The minimum atomic E-state index is -0.518. The maximum atomic E-state index is 13.3. The van der Waals surface area contributed by atoms with E-state index in [-0.39, 0.29) is 10.4 Å². The molecule has 0 aliphatic carbocycles. The summed E-state index contributed by atoms with van der Waals surface area (Å²) in [6.45, 7) is 1.80. The maximum Gasteiger partial charge on any atom is 0.140 e. The summed E-state index contributed by atoms with van der Waals surface area (Å²) in [4.78, 5) is 0. The molecule has 1 heterocycles. The molecule has 1 nitrogen and oxygen atoms in total. The molecule has 1 aliphatic rings. The lowest BCUT2D eigenvalue weighted by molar-refractivity contribution is 0.456. The zero-order valence-corrected chi connectivity index (χ0v) is 9.78.